The second kappa shape index (κ2) is 11.2. The number of nitrogens with zero attached hydrogens (tertiary/aromatic N) is 3. The Kier molecular flexibility index (Phi) is 8.06. The summed E-state index contributed by atoms with van der Waals surface area (Å²) >= 11 is 0. The van der Waals surface area contributed by atoms with Crippen molar-refractivity contribution in [2.45, 2.75) is 58.2 Å². The van der Waals surface area contributed by atoms with E-state index in [0.29, 0.717) is 38.4 Å². The Balaban J connectivity index is 1.28. The molecule has 4 amide bonds. The lowest BCUT2D eigenvalue weighted by Crippen LogP contribution is -2.48. The molecule has 37 heavy (non-hydrogen) atoms. The van der Waals surface area contributed by atoms with Crippen LogP contribution in [0.1, 0.15) is 66.4 Å². The highest BCUT2D eigenvalue weighted by atomic mass is 19.1. The van der Waals surface area contributed by atoms with E-state index in [1.165, 1.54) is 18.2 Å². The van der Waals surface area contributed by atoms with Gasteiger partial charge in [0.15, 0.2) is 0 Å². The largest absolute Gasteiger partial charge is 0.346 e. The monoisotopic (exact) mass is 510 g/mol. The lowest BCUT2D eigenvalue weighted by atomic mass is 9.93. The first-order valence-corrected chi connectivity index (χ1v) is 12.7. The number of benzene rings is 1. The van der Waals surface area contributed by atoms with Crippen molar-refractivity contribution in [3.63, 3.8) is 0 Å². The number of urea groups is 1. The third-order valence-electron chi connectivity index (χ3n) is 6.52. The number of halogens is 1. The van der Waals surface area contributed by atoms with E-state index >= 15 is 0 Å². The molecule has 2 fully saturated rings. The van der Waals surface area contributed by atoms with Gasteiger partial charge in [-0.25, -0.2) is 9.18 Å². The molecule has 1 aliphatic carbocycles. The van der Waals surface area contributed by atoms with Gasteiger partial charge in [0.05, 0.1) is 5.69 Å². The van der Waals surface area contributed by atoms with E-state index in [1.807, 2.05) is 26.8 Å². The van der Waals surface area contributed by atoms with Crippen molar-refractivity contribution in [2.75, 3.05) is 31.5 Å². The van der Waals surface area contributed by atoms with Crippen molar-refractivity contribution in [3.8, 4) is 0 Å². The maximum absolute atomic E-state index is 14.6. The number of rotatable bonds is 6. The summed E-state index contributed by atoms with van der Waals surface area (Å²) in [4.78, 5) is 45.5. The van der Waals surface area contributed by atoms with E-state index in [1.54, 1.807) is 17.2 Å². The topological polar surface area (TPSA) is 107 Å². The fourth-order valence-electron chi connectivity index (χ4n) is 4.30. The lowest BCUT2D eigenvalue weighted by molar-refractivity contribution is 0.0627. The predicted molar refractivity (Wildman–Crippen MR) is 139 cm³/mol. The fourth-order valence-corrected chi connectivity index (χ4v) is 4.30. The summed E-state index contributed by atoms with van der Waals surface area (Å²) in [5.41, 5.74) is 1.30. The summed E-state index contributed by atoms with van der Waals surface area (Å²) in [7, 11) is 0. The molecular formula is C27H35FN6O3. The van der Waals surface area contributed by atoms with Gasteiger partial charge in [0.2, 0.25) is 0 Å². The van der Waals surface area contributed by atoms with Crippen molar-refractivity contribution in [1.29, 1.82) is 0 Å². The minimum atomic E-state index is -0.641. The lowest BCUT2D eigenvalue weighted by Gasteiger charge is -2.35. The number of hydrogen-bond donors (Lipinski definition) is 3. The zero-order valence-electron chi connectivity index (χ0n) is 21.6. The van der Waals surface area contributed by atoms with Crippen LogP contribution in [0.2, 0.25) is 0 Å². The Morgan fingerprint density at radius 3 is 2.41 bits per heavy atom. The number of hydrogen-bond acceptors (Lipinski definition) is 5. The summed E-state index contributed by atoms with van der Waals surface area (Å²) in [6.45, 7) is 8.72. The molecule has 1 aromatic heterocycles. The van der Waals surface area contributed by atoms with Crippen LogP contribution in [-0.4, -0.2) is 70.4 Å². The van der Waals surface area contributed by atoms with Crippen molar-refractivity contribution < 1.29 is 18.8 Å². The number of carbonyl (C=O) groups excluding carboxylic acids is 3. The number of piperazine rings is 1. The summed E-state index contributed by atoms with van der Waals surface area (Å²) in [5.74, 6) is -1.09. The molecule has 0 spiro atoms. The number of anilines is 1. The molecule has 4 rings (SSSR count). The van der Waals surface area contributed by atoms with Gasteiger partial charge in [0, 0.05) is 56.1 Å². The Morgan fingerprint density at radius 2 is 1.78 bits per heavy atom. The van der Waals surface area contributed by atoms with Crippen molar-refractivity contribution in [2.24, 2.45) is 0 Å². The van der Waals surface area contributed by atoms with Crippen molar-refractivity contribution in [3.05, 3.63) is 59.2 Å². The Morgan fingerprint density at radius 1 is 1.05 bits per heavy atom. The highest BCUT2D eigenvalue weighted by Gasteiger charge is 2.24. The van der Waals surface area contributed by atoms with Gasteiger partial charge in [-0.05, 0) is 75.9 Å². The number of aromatic nitrogens is 1. The molecule has 2 aromatic rings. The summed E-state index contributed by atoms with van der Waals surface area (Å²) in [6.07, 6.45) is 4.60. The van der Waals surface area contributed by atoms with E-state index < -0.39 is 11.8 Å². The van der Waals surface area contributed by atoms with Crippen LogP contribution in [0, 0.1) is 5.82 Å². The highest BCUT2D eigenvalue weighted by molar-refractivity contribution is 5.96. The van der Waals surface area contributed by atoms with E-state index in [9.17, 15) is 18.8 Å². The number of nitrogens with one attached hydrogen (secondary N) is 3. The molecule has 0 unspecified atom stereocenters. The average Bonchev–Trinajstić information content (AvgIpc) is 2.82. The predicted octanol–water partition coefficient (Wildman–Crippen LogP) is 3.38. The van der Waals surface area contributed by atoms with E-state index in [-0.39, 0.29) is 34.6 Å². The number of pyridine rings is 1. The molecule has 0 radical (unpaired) electrons. The van der Waals surface area contributed by atoms with Crippen LogP contribution in [0.25, 0.3) is 0 Å². The molecule has 3 N–H and O–H groups in total. The van der Waals surface area contributed by atoms with Gasteiger partial charge in [-0.3, -0.25) is 19.5 Å². The SMILES string of the molecule is CC(C)(C)NC(=O)c1cc(CN2CCN(C(=O)c3ccc(NC(=O)NC4CCC4)c(F)c3)CC2)ccn1. The van der Waals surface area contributed by atoms with Crippen LogP contribution >= 0.6 is 0 Å². The van der Waals surface area contributed by atoms with Crippen LogP contribution in [0.3, 0.4) is 0 Å². The summed E-state index contributed by atoms with van der Waals surface area (Å²) in [6, 6.07) is 7.54. The minimum Gasteiger partial charge on any atom is -0.346 e. The third kappa shape index (κ3) is 7.25. The van der Waals surface area contributed by atoms with E-state index in [2.05, 4.69) is 25.8 Å². The standard InChI is InChI=1S/C27H35FN6O3/c1-27(2,3)32-24(35)23-15-18(9-10-29-23)17-33-11-13-34(14-12-33)25(36)19-7-8-22(21(28)16-19)31-26(37)30-20-5-4-6-20/h7-10,15-16,20H,4-6,11-14,17H2,1-3H3,(H,32,35)(H2,30,31,37). The Bertz CT molecular complexity index is 1150. The van der Waals surface area contributed by atoms with Gasteiger partial charge >= 0.3 is 6.03 Å². The number of amides is 4. The molecule has 198 valence electrons. The summed E-state index contributed by atoms with van der Waals surface area (Å²) < 4.78 is 14.6. The molecule has 2 aliphatic rings. The molecular weight excluding hydrogens is 475 g/mol. The van der Waals surface area contributed by atoms with Crippen LogP contribution < -0.4 is 16.0 Å². The Labute approximate surface area is 216 Å². The quantitative estimate of drug-likeness (QED) is 0.553. The molecule has 0 bridgehead atoms. The smallest absolute Gasteiger partial charge is 0.319 e. The molecule has 9 nitrogen and oxygen atoms in total. The van der Waals surface area contributed by atoms with Gasteiger partial charge in [-0.2, -0.15) is 0 Å². The van der Waals surface area contributed by atoms with Gasteiger partial charge in [-0.1, -0.05) is 0 Å². The number of carbonyl (C=O) groups is 3. The normalized spacial score (nSPS) is 16.6. The van der Waals surface area contributed by atoms with Gasteiger partial charge in [-0.15, -0.1) is 0 Å². The maximum atomic E-state index is 14.6. The summed E-state index contributed by atoms with van der Waals surface area (Å²) in [5, 5.41) is 8.24. The van der Waals surface area contributed by atoms with E-state index in [4.69, 9.17) is 0 Å². The van der Waals surface area contributed by atoms with Gasteiger partial charge < -0.3 is 20.9 Å². The zero-order valence-corrected chi connectivity index (χ0v) is 21.6. The molecule has 1 aromatic carbocycles. The van der Waals surface area contributed by atoms with Crippen LogP contribution in [0.5, 0.6) is 0 Å². The Hall–Kier alpha value is -3.53. The van der Waals surface area contributed by atoms with Crippen LogP contribution in [-0.2, 0) is 6.54 Å². The van der Waals surface area contributed by atoms with Crippen LogP contribution in [0.4, 0.5) is 14.9 Å². The van der Waals surface area contributed by atoms with Gasteiger partial charge in [0.1, 0.15) is 11.5 Å². The molecule has 1 aliphatic heterocycles. The molecule has 2 heterocycles. The minimum absolute atomic E-state index is 0.0473. The molecule has 0 atom stereocenters. The highest BCUT2D eigenvalue weighted by Crippen LogP contribution is 2.20. The molecule has 10 heteroatoms. The first kappa shape index (κ1) is 26.5. The van der Waals surface area contributed by atoms with Crippen LogP contribution in [0.15, 0.2) is 36.5 Å². The fraction of sp³-hybridized carbons (Fsp3) is 0.481. The maximum Gasteiger partial charge on any atom is 0.319 e. The first-order valence-electron chi connectivity index (χ1n) is 12.7. The zero-order chi connectivity index (χ0) is 26.6. The van der Waals surface area contributed by atoms with Crippen molar-refractivity contribution >= 4 is 23.5 Å². The third-order valence-corrected chi connectivity index (χ3v) is 6.52. The molecule has 1 saturated heterocycles. The van der Waals surface area contributed by atoms with E-state index in [0.717, 1.165) is 24.8 Å². The second-order valence-electron chi connectivity index (χ2n) is 10.7. The first-order chi connectivity index (χ1) is 17.6. The van der Waals surface area contributed by atoms with Crippen molar-refractivity contribution in [1.82, 2.24) is 25.4 Å². The molecule has 1 saturated carbocycles. The van der Waals surface area contributed by atoms with Gasteiger partial charge in [0.25, 0.3) is 11.8 Å². The second-order valence-corrected chi connectivity index (χ2v) is 10.7. The average molecular weight is 511 g/mol.